The number of para-hydroxylation sites is 2. The van der Waals surface area contributed by atoms with Gasteiger partial charge in [-0.3, -0.25) is 4.57 Å². The van der Waals surface area contributed by atoms with Gasteiger partial charge in [0, 0.05) is 16.8 Å². The van der Waals surface area contributed by atoms with E-state index in [0.29, 0.717) is 5.75 Å². The lowest BCUT2D eigenvalue weighted by molar-refractivity contribution is 0.423. The maximum Gasteiger partial charge on any atom is 0.156 e. The number of aryl methyl sites for hydroxylation is 1. The van der Waals surface area contributed by atoms with Crippen molar-refractivity contribution in [3.05, 3.63) is 64.5 Å². The van der Waals surface area contributed by atoms with Crippen molar-refractivity contribution in [2.24, 2.45) is 0 Å². The van der Waals surface area contributed by atoms with E-state index in [9.17, 15) is 5.11 Å². The third-order valence-electron chi connectivity index (χ3n) is 5.59. The molecular weight excluding hydrogens is 388 g/mol. The number of aromatic nitrogens is 2. The van der Waals surface area contributed by atoms with Crippen molar-refractivity contribution in [1.82, 2.24) is 9.55 Å². The number of benzene rings is 2. The number of fused-ring (bicyclic) bond motifs is 1. The van der Waals surface area contributed by atoms with Crippen molar-refractivity contribution >= 4 is 22.4 Å². The molecule has 2 aromatic heterocycles. The molecule has 0 unspecified atom stereocenters. The minimum atomic E-state index is -0.185. The summed E-state index contributed by atoms with van der Waals surface area (Å²) in [5, 5.41) is 13.3. The van der Waals surface area contributed by atoms with Gasteiger partial charge in [0.1, 0.15) is 5.75 Å². The highest BCUT2D eigenvalue weighted by molar-refractivity contribution is 7.13. The number of aromatic hydroxyl groups is 1. The van der Waals surface area contributed by atoms with Crippen molar-refractivity contribution in [1.29, 1.82) is 0 Å². The van der Waals surface area contributed by atoms with E-state index in [1.54, 1.807) is 11.3 Å². The first kappa shape index (κ1) is 20.7. The van der Waals surface area contributed by atoms with Gasteiger partial charge in [-0.15, -0.1) is 11.3 Å². The Morgan fingerprint density at radius 2 is 1.50 bits per heavy atom. The summed E-state index contributed by atoms with van der Waals surface area (Å²) in [6.07, 6.45) is 0. The van der Waals surface area contributed by atoms with Crippen LogP contribution in [0.15, 0.2) is 47.8 Å². The van der Waals surface area contributed by atoms with Gasteiger partial charge in [0.15, 0.2) is 5.82 Å². The van der Waals surface area contributed by atoms with Gasteiger partial charge >= 0.3 is 0 Å². The minimum Gasteiger partial charge on any atom is -0.507 e. The number of phenolic OH excluding ortho intramolecular Hbond substituents is 1. The summed E-state index contributed by atoms with van der Waals surface area (Å²) in [5.74, 6) is 1.35. The van der Waals surface area contributed by atoms with Gasteiger partial charge in [-0.1, -0.05) is 53.7 Å². The summed E-state index contributed by atoms with van der Waals surface area (Å²) in [6.45, 7) is 15.0. The predicted molar refractivity (Wildman–Crippen MR) is 128 cm³/mol. The summed E-state index contributed by atoms with van der Waals surface area (Å²) in [6, 6.07) is 14.7. The Balaban J connectivity index is 2.12. The number of thiophene rings is 1. The zero-order chi connectivity index (χ0) is 21.8. The largest absolute Gasteiger partial charge is 0.507 e. The number of rotatable bonds is 2. The second-order valence-corrected chi connectivity index (χ2v) is 11.0. The number of phenols is 1. The van der Waals surface area contributed by atoms with Crippen molar-refractivity contribution in [3.8, 4) is 22.1 Å². The number of hydrogen-bond acceptors (Lipinski definition) is 3. The lowest BCUT2D eigenvalue weighted by Crippen LogP contribution is -2.18. The molecule has 30 heavy (non-hydrogen) atoms. The van der Waals surface area contributed by atoms with Crippen LogP contribution in [0.5, 0.6) is 5.75 Å². The molecule has 4 aromatic rings. The van der Waals surface area contributed by atoms with Crippen LogP contribution in [0.1, 0.15) is 58.2 Å². The molecule has 0 spiro atoms. The summed E-state index contributed by atoms with van der Waals surface area (Å²) in [5.41, 5.74) is 5.86. The molecule has 156 valence electrons. The van der Waals surface area contributed by atoms with Gasteiger partial charge in [0.2, 0.25) is 0 Å². The van der Waals surface area contributed by atoms with Crippen molar-refractivity contribution in [2.75, 3.05) is 0 Å². The normalized spacial score (nSPS) is 12.6. The number of imidazole rings is 1. The van der Waals surface area contributed by atoms with Crippen LogP contribution < -0.4 is 0 Å². The fraction of sp³-hybridized carbons (Fsp3) is 0.346. The van der Waals surface area contributed by atoms with Gasteiger partial charge in [-0.25, -0.2) is 4.98 Å². The summed E-state index contributed by atoms with van der Waals surface area (Å²) in [4.78, 5) is 6.18. The van der Waals surface area contributed by atoms with Gasteiger partial charge in [0.25, 0.3) is 0 Å². The van der Waals surface area contributed by atoms with E-state index in [-0.39, 0.29) is 10.8 Å². The SMILES string of the molecule is Cc1ccsc1-c1nc2ccccc2n1-c1cc(C(C)(C)C)c(O)c(C(C)(C)C)c1. The van der Waals surface area contributed by atoms with Crippen LogP contribution in [0, 0.1) is 6.92 Å². The molecule has 0 saturated carbocycles. The molecule has 0 aliphatic carbocycles. The van der Waals surface area contributed by atoms with Crippen molar-refractivity contribution in [3.63, 3.8) is 0 Å². The number of nitrogens with zero attached hydrogens (tertiary/aromatic N) is 2. The minimum absolute atomic E-state index is 0.185. The van der Waals surface area contributed by atoms with E-state index >= 15 is 0 Å². The molecule has 0 aliphatic rings. The van der Waals surface area contributed by atoms with Gasteiger partial charge < -0.3 is 5.11 Å². The monoisotopic (exact) mass is 418 g/mol. The van der Waals surface area contributed by atoms with Crippen LogP contribution in [0.2, 0.25) is 0 Å². The molecule has 0 aliphatic heterocycles. The molecule has 0 fully saturated rings. The molecule has 0 saturated heterocycles. The molecule has 0 atom stereocenters. The highest BCUT2D eigenvalue weighted by Gasteiger charge is 2.28. The lowest BCUT2D eigenvalue weighted by atomic mass is 9.79. The van der Waals surface area contributed by atoms with Crippen LogP contribution in [0.3, 0.4) is 0 Å². The highest BCUT2D eigenvalue weighted by atomic mass is 32.1. The van der Waals surface area contributed by atoms with Crippen molar-refractivity contribution < 1.29 is 5.11 Å². The van der Waals surface area contributed by atoms with Crippen molar-refractivity contribution in [2.45, 2.75) is 59.3 Å². The lowest BCUT2D eigenvalue weighted by Gasteiger charge is -2.28. The molecule has 2 heterocycles. The van der Waals surface area contributed by atoms with Crippen LogP contribution in [-0.2, 0) is 10.8 Å². The summed E-state index contributed by atoms with van der Waals surface area (Å²) in [7, 11) is 0. The second kappa shape index (κ2) is 6.98. The zero-order valence-corrected chi connectivity index (χ0v) is 19.7. The standard InChI is InChI=1S/C26H30N2OS/c1-16-12-13-30-23(16)24-27-20-10-8-9-11-21(20)28(24)17-14-18(25(2,3)4)22(29)19(15-17)26(5,6)7/h8-15,29H,1-7H3. The van der Waals surface area contributed by atoms with E-state index < -0.39 is 0 Å². The summed E-state index contributed by atoms with van der Waals surface area (Å²) >= 11 is 1.72. The summed E-state index contributed by atoms with van der Waals surface area (Å²) < 4.78 is 2.25. The van der Waals surface area contributed by atoms with Crippen LogP contribution in [0.4, 0.5) is 0 Å². The van der Waals surface area contributed by atoms with E-state index in [4.69, 9.17) is 4.98 Å². The van der Waals surface area contributed by atoms with E-state index in [2.05, 4.69) is 94.8 Å². The Morgan fingerprint density at radius 3 is 2.03 bits per heavy atom. The maximum absolute atomic E-state index is 11.2. The van der Waals surface area contributed by atoms with Crippen LogP contribution in [0.25, 0.3) is 27.4 Å². The van der Waals surface area contributed by atoms with E-state index in [1.165, 1.54) is 10.4 Å². The van der Waals surface area contributed by atoms with Crippen LogP contribution >= 0.6 is 11.3 Å². The Hall–Kier alpha value is -2.59. The predicted octanol–water partition coefficient (Wildman–Crippen LogP) is 7.36. The maximum atomic E-state index is 11.2. The average molecular weight is 419 g/mol. The smallest absolute Gasteiger partial charge is 0.156 e. The third kappa shape index (κ3) is 3.43. The zero-order valence-electron chi connectivity index (χ0n) is 18.9. The first-order valence-electron chi connectivity index (χ1n) is 10.4. The van der Waals surface area contributed by atoms with E-state index in [1.807, 2.05) is 6.07 Å². The van der Waals surface area contributed by atoms with E-state index in [0.717, 1.165) is 33.7 Å². The highest BCUT2D eigenvalue weighted by Crippen LogP contribution is 2.42. The molecule has 0 amide bonds. The molecule has 1 N–H and O–H groups in total. The fourth-order valence-electron chi connectivity index (χ4n) is 3.93. The first-order chi connectivity index (χ1) is 14.0. The molecule has 4 heteroatoms. The Labute approximate surface area is 183 Å². The average Bonchev–Trinajstić information content (AvgIpc) is 3.23. The Bertz CT molecular complexity index is 1200. The van der Waals surface area contributed by atoms with Gasteiger partial charge in [-0.2, -0.15) is 0 Å². The Morgan fingerprint density at radius 1 is 0.900 bits per heavy atom. The quantitative estimate of drug-likeness (QED) is 0.369. The molecule has 3 nitrogen and oxygen atoms in total. The Kier molecular flexibility index (Phi) is 4.81. The fourth-order valence-corrected chi connectivity index (χ4v) is 4.84. The van der Waals surface area contributed by atoms with Gasteiger partial charge in [0.05, 0.1) is 15.9 Å². The third-order valence-corrected chi connectivity index (χ3v) is 6.61. The molecule has 4 rings (SSSR count). The number of hydrogen-bond donors (Lipinski definition) is 1. The van der Waals surface area contributed by atoms with Crippen LogP contribution in [-0.4, -0.2) is 14.7 Å². The molecule has 0 radical (unpaired) electrons. The van der Waals surface area contributed by atoms with Gasteiger partial charge in [-0.05, 0) is 59.0 Å². The molecule has 0 bridgehead atoms. The first-order valence-corrected chi connectivity index (χ1v) is 11.3. The second-order valence-electron chi connectivity index (χ2n) is 10.1. The molecule has 2 aromatic carbocycles. The molecular formula is C26H30N2OS. The topological polar surface area (TPSA) is 38.0 Å².